The van der Waals surface area contributed by atoms with Crippen LogP contribution in [0.1, 0.15) is 11.1 Å². The largest absolute Gasteiger partial charge is 0.378 e. The third-order valence-corrected chi connectivity index (χ3v) is 2.58. The van der Waals surface area contributed by atoms with Crippen molar-refractivity contribution < 1.29 is 4.92 Å². The number of nitrogens with two attached hydrogens (primary N) is 1. The van der Waals surface area contributed by atoms with Gasteiger partial charge in [-0.15, -0.1) is 0 Å². The third-order valence-electron chi connectivity index (χ3n) is 2.58. The zero-order valence-electron chi connectivity index (χ0n) is 10.3. The Bertz CT molecular complexity index is 615. The van der Waals surface area contributed by atoms with E-state index in [9.17, 15) is 10.1 Å². The molecule has 98 valence electrons. The first kappa shape index (κ1) is 12.7. The fraction of sp³-hybridized carbons (Fsp3) is 0.167. The van der Waals surface area contributed by atoms with E-state index in [4.69, 9.17) is 5.73 Å². The molecule has 0 radical (unpaired) electrons. The first-order valence-electron chi connectivity index (χ1n) is 5.62. The molecule has 0 aliphatic carbocycles. The van der Waals surface area contributed by atoms with Crippen LogP contribution >= 0.6 is 0 Å². The monoisotopic (exact) mass is 259 g/mol. The summed E-state index contributed by atoms with van der Waals surface area (Å²) >= 11 is 0. The lowest BCUT2D eigenvalue weighted by Crippen LogP contribution is -2.08. The molecule has 0 aliphatic rings. The lowest BCUT2D eigenvalue weighted by Gasteiger charge is -2.07. The number of nitrogens with zero attached hydrogens (tertiary/aromatic N) is 3. The van der Waals surface area contributed by atoms with Crippen molar-refractivity contribution in [3.8, 4) is 0 Å². The Kier molecular flexibility index (Phi) is 3.56. The average Bonchev–Trinajstić information content (AvgIpc) is 2.36. The normalized spacial score (nSPS) is 10.2. The predicted molar refractivity (Wildman–Crippen MR) is 71.6 cm³/mol. The number of hydrogen-bond donors (Lipinski definition) is 2. The average molecular weight is 259 g/mol. The molecule has 0 saturated carbocycles. The van der Waals surface area contributed by atoms with E-state index in [0.717, 1.165) is 11.1 Å². The minimum Gasteiger partial charge on any atom is -0.378 e. The van der Waals surface area contributed by atoms with Crippen molar-refractivity contribution >= 4 is 17.3 Å². The second kappa shape index (κ2) is 5.30. The summed E-state index contributed by atoms with van der Waals surface area (Å²) in [5.41, 5.74) is 7.31. The van der Waals surface area contributed by atoms with Crippen molar-refractivity contribution in [3.05, 3.63) is 51.8 Å². The predicted octanol–water partition coefficient (Wildman–Crippen LogP) is 1.89. The van der Waals surface area contributed by atoms with Gasteiger partial charge in [0.05, 0.1) is 4.92 Å². The lowest BCUT2D eigenvalue weighted by molar-refractivity contribution is -0.383. The van der Waals surface area contributed by atoms with E-state index in [2.05, 4.69) is 15.3 Å². The van der Waals surface area contributed by atoms with Crippen LogP contribution in [0.2, 0.25) is 0 Å². The molecule has 7 heteroatoms. The molecule has 0 atom stereocenters. The molecule has 2 aromatic rings. The number of hydrogen-bond acceptors (Lipinski definition) is 6. The van der Waals surface area contributed by atoms with Crippen molar-refractivity contribution in [2.75, 3.05) is 11.1 Å². The highest BCUT2D eigenvalue weighted by molar-refractivity contribution is 5.67. The van der Waals surface area contributed by atoms with E-state index in [1.165, 1.54) is 6.33 Å². The number of aryl methyl sites for hydroxylation is 1. The summed E-state index contributed by atoms with van der Waals surface area (Å²) in [6, 6.07) is 7.82. The van der Waals surface area contributed by atoms with Crippen molar-refractivity contribution in [2.24, 2.45) is 0 Å². The van der Waals surface area contributed by atoms with E-state index < -0.39 is 4.92 Å². The van der Waals surface area contributed by atoms with Gasteiger partial charge in [0, 0.05) is 6.54 Å². The van der Waals surface area contributed by atoms with Crippen LogP contribution in [-0.2, 0) is 6.54 Å². The highest BCUT2D eigenvalue weighted by Crippen LogP contribution is 2.26. The van der Waals surface area contributed by atoms with E-state index in [0.29, 0.717) is 6.54 Å². The van der Waals surface area contributed by atoms with Crippen molar-refractivity contribution in [3.63, 3.8) is 0 Å². The summed E-state index contributed by atoms with van der Waals surface area (Å²) in [6.07, 6.45) is 1.20. The molecule has 0 bridgehead atoms. The molecule has 3 N–H and O–H groups in total. The first-order valence-corrected chi connectivity index (χ1v) is 5.62. The fourth-order valence-corrected chi connectivity index (χ4v) is 1.71. The van der Waals surface area contributed by atoms with Crippen LogP contribution < -0.4 is 11.1 Å². The summed E-state index contributed by atoms with van der Waals surface area (Å²) in [7, 11) is 0. The standard InChI is InChI=1S/C12H13N5O2/c1-8-3-2-4-9(5-8)6-14-12-10(17(18)19)11(13)15-7-16-12/h2-5,7H,6H2,1H3,(H3,13,14,15,16). The van der Waals surface area contributed by atoms with Gasteiger partial charge in [-0.1, -0.05) is 29.8 Å². The van der Waals surface area contributed by atoms with Gasteiger partial charge < -0.3 is 11.1 Å². The molecular formula is C12H13N5O2. The fourth-order valence-electron chi connectivity index (χ4n) is 1.71. The summed E-state index contributed by atoms with van der Waals surface area (Å²) in [4.78, 5) is 17.8. The molecule has 0 spiro atoms. The maximum atomic E-state index is 10.9. The zero-order valence-corrected chi connectivity index (χ0v) is 10.3. The Hall–Kier alpha value is -2.70. The maximum Gasteiger partial charge on any atom is 0.352 e. The van der Waals surface area contributed by atoms with Crippen LogP contribution in [-0.4, -0.2) is 14.9 Å². The Morgan fingerprint density at radius 2 is 2.21 bits per heavy atom. The molecule has 1 aromatic heterocycles. The molecular weight excluding hydrogens is 246 g/mol. The van der Waals surface area contributed by atoms with Crippen molar-refractivity contribution in [2.45, 2.75) is 13.5 Å². The van der Waals surface area contributed by atoms with Gasteiger partial charge in [0.15, 0.2) is 0 Å². The molecule has 1 heterocycles. The molecule has 0 aliphatic heterocycles. The smallest absolute Gasteiger partial charge is 0.352 e. The van der Waals surface area contributed by atoms with Gasteiger partial charge in [-0.25, -0.2) is 9.97 Å². The molecule has 0 saturated heterocycles. The highest BCUT2D eigenvalue weighted by atomic mass is 16.6. The second-order valence-corrected chi connectivity index (χ2v) is 4.06. The maximum absolute atomic E-state index is 10.9. The first-order chi connectivity index (χ1) is 9.08. The van der Waals surface area contributed by atoms with E-state index in [-0.39, 0.29) is 17.3 Å². The van der Waals surface area contributed by atoms with Gasteiger partial charge in [0.2, 0.25) is 11.6 Å². The summed E-state index contributed by atoms with van der Waals surface area (Å²) < 4.78 is 0. The quantitative estimate of drug-likeness (QED) is 0.641. The third kappa shape index (κ3) is 2.95. The van der Waals surface area contributed by atoms with Gasteiger partial charge in [-0.05, 0) is 12.5 Å². The molecule has 1 aromatic carbocycles. The van der Waals surface area contributed by atoms with Gasteiger partial charge >= 0.3 is 5.69 Å². The minimum atomic E-state index is -0.589. The Morgan fingerprint density at radius 1 is 1.42 bits per heavy atom. The SMILES string of the molecule is Cc1cccc(CNc2ncnc(N)c2[N+](=O)[O-])c1. The van der Waals surface area contributed by atoms with E-state index in [1.54, 1.807) is 0 Å². The number of nitrogen functional groups attached to an aromatic ring is 1. The van der Waals surface area contributed by atoms with Crippen LogP contribution in [0.25, 0.3) is 0 Å². The van der Waals surface area contributed by atoms with Crippen LogP contribution in [0.4, 0.5) is 17.3 Å². The lowest BCUT2D eigenvalue weighted by atomic mass is 10.1. The van der Waals surface area contributed by atoms with Crippen LogP contribution in [0.3, 0.4) is 0 Å². The summed E-state index contributed by atoms with van der Waals surface area (Å²) in [5, 5.41) is 13.8. The van der Waals surface area contributed by atoms with Crippen LogP contribution in [0, 0.1) is 17.0 Å². The summed E-state index contributed by atoms with van der Waals surface area (Å²) in [5.74, 6) is -0.0225. The van der Waals surface area contributed by atoms with E-state index >= 15 is 0 Å². The highest BCUT2D eigenvalue weighted by Gasteiger charge is 2.20. The van der Waals surface area contributed by atoms with Crippen molar-refractivity contribution in [1.29, 1.82) is 0 Å². The summed E-state index contributed by atoms with van der Waals surface area (Å²) in [6.45, 7) is 2.41. The number of nitrogens with one attached hydrogen (secondary N) is 1. The van der Waals surface area contributed by atoms with Crippen molar-refractivity contribution in [1.82, 2.24) is 9.97 Å². The van der Waals surface area contributed by atoms with E-state index in [1.807, 2.05) is 31.2 Å². The van der Waals surface area contributed by atoms with Crippen LogP contribution in [0.15, 0.2) is 30.6 Å². The Balaban J connectivity index is 2.20. The van der Waals surface area contributed by atoms with Gasteiger partial charge in [0.25, 0.3) is 0 Å². The van der Waals surface area contributed by atoms with Gasteiger partial charge in [-0.3, -0.25) is 10.1 Å². The molecule has 19 heavy (non-hydrogen) atoms. The number of anilines is 2. The van der Waals surface area contributed by atoms with Gasteiger partial charge in [0.1, 0.15) is 6.33 Å². The molecule has 0 unspecified atom stereocenters. The molecule has 0 fully saturated rings. The molecule has 2 rings (SSSR count). The molecule has 0 amide bonds. The topological polar surface area (TPSA) is 107 Å². The van der Waals surface area contributed by atoms with Gasteiger partial charge in [-0.2, -0.15) is 0 Å². The zero-order chi connectivity index (χ0) is 13.8. The molecule has 7 nitrogen and oxygen atoms in total. The number of benzene rings is 1. The Morgan fingerprint density at radius 3 is 2.89 bits per heavy atom. The second-order valence-electron chi connectivity index (χ2n) is 4.06. The number of nitro groups is 1. The number of rotatable bonds is 4. The number of aromatic nitrogens is 2. The Labute approximate surface area is 109 Å². The van der Waals surface area contributed by atoms with Crippen LogP contribution in [0.5, 0.6) is 0 Å². The minimum absolute atomic E-state index is 0.124.